The highest BCUT2D eigenvalue weighted by Crippen LogP contribution is 2.25. The lowest BCUT2D eigenvalue weighted by atomic mass is 10.2. The lowest BCUT2D eigenvalue weighted by molar-refractivity contribution is 1.06. The highest BCUT2D eigenvalue weighted by atomic mass is 15.0. The minimum atomic E-state index is 1.20. The fraction of sp³-hybridized carbons (Fsp3) is 0. The molecule has 15 heavy (non-hydrogen) atoms. The first kappa shape index (κ1) is 8.30. The number of hydrogen-bond donors (Lipinski definition) is 0. The molecule has 1 nitrogen and oxygen atoms in total. The molecule has 0 spiro atoms. The maximum atomic E-state index is 2.20. The Morgan fingerprint density at radius 2 is 1.47 bits per heavy atom. The summed E-state index contributed by atoms with van der Waals surface area (Å²) in [6.07, 6.45) is 2.09. The summed E-state index contributed by atoms with van der Waals surface area (Å²) in [7, 11) is 0. The van der Waals surface area contributed by atoms with Gasteiger partial charge in [0.15, 0.2) is 0 Å². The van der Waals surface area contributed by atoms with E-state index in [0.29, 0.717) is 0 Å². The van der Waals surface area contributed by atoms with Crippen LogP contribution in [-0.4, -0.2) is 4.57 Å². The second kappa shape index (κ2) is 3.28. The molecule has 1 aromatic carbocycles. The Kier molecular flexibility index (Phi) is 1.82. The SMILES string of the molecule is c1ccc(-n2cccc3cccc2-3)cc1. The van der Waals surface area contributed by atoms with Crippen LogP contribution in [0.5, 0.6) is 0 Å². The second-order valence-corrected chi connectivity index (χ2v) is 3.58. The number of para-hydroxylation sites is 1. The zero-order valence-electron chi connectivity index (χ0n) is 8.30. The van der Waals surface area contributed by atoms with Crippen molar-refractivity contribution in [1.29, 1.82) is 0 Å². The number of fused-ring (bicyclic) bond motifs is 1. The standard InChI is InChI=1S/C14H11N/c1-2-8-13(9-3-1)15-11-5-7-12-6-4-10-14(12)15/h1-11H. The molecule has 2 aliphatic rings. The molecule has 0 unspecified atom stereocenters. The van der Waals surface area contributed by atoms with E-state index in [-0.39, 0.29) is 0 Å². The molecule has 0 atom stereocenters. The molecule has 0 saturated heterocycles. The van der Waals surface area contributed by atoms with Crippen LogP contribution in [0, 0.1) is 0 Å². The number of nitrogens with zero attached hydrogens (tertiary/aromatic N) is 1. The number of benzene rings is 1. The molecule has 0 aromatic heterocycles. The van der Waals surface area contributed by atoms with Crippen molar-refractivity contribution in [2.45, 2.75) is 0 Å². The van der Waals surface area contributed by atoms with Gasteiger partial charge in [-0.05, 0) is 29.8 Å². The van der Waals surface area contributed by atoms with Crippen LogP contribution in [0.1, 0.15) is 0 Å². The first-order valence-corrected chi connectivity index (χ1v) is 5.07. The van der Waals surface area contributed by atoms with Crippen LogP contribution in [0.15, 0.2) is 66.9 Å². The predicted octanol–water partition coefficient (Wildman–Crippen LogP) is 3.58. The van der Waals surface area contributed by atoms with Crippen LogP contribution in [0.25, 0.3) is 16.9 Å². The van der Waals surface area contributed by atoms with Gasteiger partial charge in [0.25, 0.3) is 0 Å². The van der Waals surface area contributed by atoms with Gasteiger partial charge in [0, 0.05) is 11.9 Å². The minimum Gasteiger partial charge on any atom is -0.317 e. The van der Waals surface area contributed by atoms with Crippen molar-refractivity contribution in [3.8, 4) is 16.9 Å². The zero-order chi connectivity index (χ0) is 10.1. The summed E-state index contributed by atoms with van der Waals surface area (Å²) >= 11 is 0. The van der Waals surface area contributed by atoms with Gasteiger partial charge in [0.1, 0.15) is 0 Å². The van der Waals surface area contributed by atoms with Crippen LogP contribution < -0.4 is 0 Å². The normalized spacial score (nSPS) is 10.7. The van der Waals surface area contributed by atoms with Gasteiger partial charge in [-0.25, -0.2) is 0 Å². The third kappa shape index (κ3) is 1.33. The number of aromatic nitrogens is 1. The average Bonchev–Trinajstić information content (AvgIpc) is 2.78. The summed E-state index contributed by atoms with van der Waals surface area (Å²) in [6, 6.07) is 21.0. The number of rotatable bonds is 1. The van der Waals surface area contributed by atoms with E-state index >= 15 is 0 Å². The van der Waals surface area contributed by atoms with Crippen molar-refractivity contribution in [2.75, 3.05) is 0 Å². The summed E-state index contributed by atoms with van der Waals surface area (Å²) in [5, 5.41) is 0. The molecule has 0 radical (unpaired) electrons. The van der Waals surface area contributed by atoms with Crippen LogP contribution >= 0.6 is 0 Å². The van der Waals surface area contributed by atoms with E-state index in [0.717, 1.165) is 0 Å². The predicted molar refractivity (Wildman–Crippen MR) is 62.4 cm³/mol. The molecule has 0 bridgehead atoms. The van der Waals surface area contributed by atoms with Gasteiger partial charge in [0.05, 0.1) is 5.69 Å². The Hall–Kier alpha value is -2.02. The first-order chi connectivity index (χ1) is 7.45. The van der Waals surface area contributed by atoms with E-state index in [1.54, 1.807) is 0 Å². The average molecular weight is 193 g/mol. The van der Waals surface area contributed by atoms with Crippen LogP contribution in [-0.2, 0) is 0 Å². The number of hydrogen-bond acceptors (Lipinski definition) is 0. The van der Waals surface area contributed by atoms with Gasteiger partial charge < -0.3 is 4.57 Å². The topological polar surface area (TPSA) is 4.93 Å². The third-order valence-electron chi connectivity index (χ3n) is 2.63. The van der Waals surface area contributed by atoms with E-state index in [1.807, 2.05) is 6.07 Å². The molecule has 1 aromatic rings. The maximum absolute atomic E-state index is 2.20. The van der Waals surface area contributed by atoms with E-state index in [9.17, 15) is 0 Å². The fourth-order valence-electron chi connectivity index (χ4n) is 1.91. The van der Waals surface area contributed by atoms with E-state index in [1.165, 1.54) is 16.9 Å². The molecular weight excluding hydrogens is 182 g/mol. The van der Waals surface area contributed by atoms with Gasteiger partial charge in [0.2, 0.25) is 0 Å². The summed E-state index contributed by atoms with van der Waals surface area (Å²) in [5.41, 5.74) is 3.74. The Labute approximate surface area is 88.9 Å². The smallest absolute Gasteiger partial charge is 0.0527 e. The summed E-state index contributed by atoms with van der Waals surface area (Å²) in [6.45, 7) is 0. The zero-order valence-corrected chi connectivity index (χ0v) is 8.30. The molecule has 1 aliphatic heterocycles. The molecule has 1 aliphatic carbocycles. The van der Waals surface area contributed by atoms with Crippen molar-refractivity contribution in [2.24, 2.45) is 0 Å². The van der Waals surface area contributed by atoms with Gasteiger partial charge in [-0.3, -0.25) is 0 Å². The molecule has 0 amide bonds. The first-order valence-electron chi connectivity index (χ1n) is 5.07. The van der Waals surface area contributed by atoms with Crippen molar-refractivity contribution in [3.05, 3.63) is 66.9 Å². The second-order valence-electron chi connectivity index (χ2n) is 3.58. The van der Waals surface area contributed by atoms with E-state index < -0.39 is 0 Å². The van der Waals surface area contributed by atoms with Crippen LogP contribution in [0.2, 0.25) is 0 Å². The van der Waals surface area contributed by atoms with Crippen molar-refractivity contribution < 1.29 is 0 Å². The molecule has 1 heteroatoms. The Bertz CT molecular complexity index is 536. The summed E-state index contributed by atoms with van der Waals surface area (Å²) in [4.78, 5) is 0. The largest absolute Gasteiger partial charge is 0.317 e. The quantitative estimate of drug-likeness (QED) is 0.556. The van der Waals surface area contributed by atoms with Gasteiger partial charge >= 0.3 is 0 Å². The molecule has 1 heterocycles. The highest BCUT2D eigenvalue weighted by Gasteiger charge is 2.05. The third-order valence-corrected chi connectivity index (χ3v) is 2.63. The van der Waals surface area contributed by atoms with Gasteiger partial charge in [-0.1, -0.05) is 36.4 Å². The highest BCUT2D eigenvalue weighted by molar-refractivity contribution is 5.65. The lowest BCUT2D eigenvalue weighted by Gasteiger charge is -2.12. The number of pyridine rings is 1. The van der Waals surface area contributed by atoms with E-state index in [4.69, 9.17) is 0 Å². The van der Waals surface area contributed by atoms with Crippen molar-refractivity contribution >= 4 is 0 Å². The monoisotopic (exact) mass is 193 g/mol. The molecular formula is C14H11N. The maximum Gasteiger partial charge on any atom is 0.0527 e. The summed E-state index contributed by atoms with van der Waals surface area (Å²) < 4.78 is 2.20. The van der Waals surface area contributed by atoms with E-state index in [2.05, 4.69) is 65.4 Å². The van der Waals surface area contributed by atoms with Gasteiger partial charge in [-0.2, -0.15) is 0 Å². The van der Waals surface area contributed by atoms with Crippen LogP contribution in [0.3, 0.4) is 0 Å². The fourth-order valence-corrected chi connectivity index (χ4v) is 1.91. The lowest BCUT2D eigenvalue weighted by Crippen LogP contribution is -1.97. The minimum absolute atomic E-state index is 1.20. The Balaban J connectivity index is 2.25. The molecule has 3 rings (SSSR count). The molecule has 0 saturated carbocycles. The summed E-state index contributed by atoms with van der Waals surface area (Å²) in [5.74, 6) is 0. The molecule has 0 fully saturated rings. The van der Waals surface area contributed by atoms with Crippen molar-refractivity contribution in [3.63, 3.8) is 0 Å². The Morgan fingerprint density at radius 3 is 2.33 bits per heavy atom. The van der Waals surface area contributed by atoms with Gasteiger partial charge in [-0.15, -0.1) is 0 Å². The van der Waals surface area contributed by atoms with Crippen molar-refractivity contribution in [1.82, 2.24) is 4.57 Å². The Morgan fingerprint density at radius 1 is 0.667 bits per heavy atom. The van der Waals surface area contributed by atoms with Crippen LogP contribution in [0.4, 0.5) is 0 Å². The molecule has 0 N–H and O–H groups in total. The molecule has 72 valence electrons.